The SMILES string of the molecule is COc1ccc(OC)c([C@H]2C3=C(CC(C)(C)CC3=O)N(c3ccc(Br)cc3)C(=N)/C2=C(/O)c2ccccc2)c1. The summed E-state index contributed by atoms with van der Waals surface area (Å²) in [6, 6.07) is 22.2. The lowest BCUT2D eigenvalue weighted by Crippen LogP contribution is -2.45. The second kappa shape index (κ2) is 10.4. The Bertz CT molecular complexity index is 1510. The molecule has 1 aliphatic heterocycles. The van der Waals surface area contributed by atoms with E-state index in [0.29, 0.717) is 46.6 Å². The minimum atomic E-state index is -0.729. The summed E-state index contributed by atoms with van der Waals surface area (Å²) in [5, 5.41) is 21.4. The molecule has 2 N–H and O–H groups in total. The van der Waals surface area contributed by atoms with Gasteiger partial charge in [-0.1, -0.05) is 60.1 Å². The number of ether oxygens (including phenoxy) is 2. The number of amidine groups is 1. The highest BCUT2D eigenvalue weighted by Crippen LogP contribution is 2.53. The number of ketones is 1. The highest BCUT2D eigenvalue weighted by molar-refractivity contribution is 9.10. The summed E-state index contributed by atoms with van der Waals surface area (Å²) in [5.74, 6) is 0.460. The molecule has 1 aliphatic carbocycles. The third kappa shape index (κ3) is 4.87. The van der Waals surface area contributed by atoms with Gasteiger partial charge in [-0.15, -0.1) is 0 Å². The minimum absolute atomic E-state index is 0.0101. The van der Waals surface area contributed by atoms with Gasteiger partial charge in [0, 0.05) is 44.6 Å². The number of halogens is 1. The number of aliphatic hydroxyl groups is 1. The fourth-order valence-electron chi connectivity index (χ4n) is 5.62. The average Bonchev–Trinajstić information content (AvgIpc) is 2.92. The van der Waals surface area contributed by atoms with Gasteiger partial charge in [-0.05, 0) is 54.3 Å². The van der Waals surface area contributed by atoms with Gasteiger partial charge in [0.1, 0.15) is 23.1 Å². The molecule has 0 fully saturated rings. The van der Waals surface area contributed by atoms with Crippen molar-refractivity contribution in [3.8, 4) is 11.5 Å². The summed E-state index contributed by atoms with van der Waals surface area (Å²) in [7, 11) is 3.16. The maximum Gasteiger partial charge on any atom is 0.162 e. The van der Waals surface area contributed by atoms with Gasteiger partial charge in [-0.25, -0.2) is 0 Å². The van der Waals surface area contributed by atoms with E-state index >= 15 is 0 Å². The van der Waals surface area contributed by atoms with Crippen molar-refractivity contribution < 1.29 is 19.4 Å². The van der Waals surface area contributed by atoms with Crippen LogP contribution in [-0.2, 0) is 4.79 Å². The van der Waals surface area contributed by atoms with E-state index in [1.807, 2.05) is 53.4 Å². The van der Waals surface area contributed by atoms with Crippen LogP contribution >= 0.6 is 15.9 Å². The van der Waals surface area contributed by atoms with Gasteiger partial charge < -0.3 is 14.6 Å². The van der Waals surface area contributed by atoms with Crippen molar-refractivity contribution in [3.63, 3.8) is 0 Å². The molecule has 7 heteroatoms. The van der Waals surface area contributed by atoms with Gasteiger partial charge in [-0.3, -0.25) is 15.1 Å². The number of benzene rings is 3. The zero-order valence-corrected chi connectivity index (χ0v) is 24.0. The molecule has 0 unspecified atom stereocenters. The molecule has 0 saturated carbocycles. The average molecular weight is 588 g/mol. The molecular formula is C32H31BrN2O4. The molecule has 0 saturated heterocycles. The van der Waals surface area contributed by atoms with Gasteiger partial charge >= 0.3 is 0 Å². The van der Waals surface area contributed by atoms with Gasteiger partial charge in [0.2, 0.25) is 0 Å². The van der Waals surface area contributed by atoms with Crippen molar-refractivity contribution in [2.75, 3.05) is 19.1 Å². The number of nitrogens with one attached hydrogen (secondary N) is 1. The highest BCUT2D eigenvalue weighted by Gasteiger charge is 2.47. The van der Waals surface area contributed by atoms with Crippen molar-refractivity contribution >= 4 is 39.0 Å². The standard InChI is InChI=1S/C32H31BrN2O4/c1-32(2)17-24-28(25(36)18-32)27(23-16-22(38-3)14-15-26(23)39-4)29(30(37)19-8-6-5-7-9-19)31(34)35(24)21-12-10-20(33)11-13-21/h5-16,27,34,37H,17-18H2,1-4H3/b30-29+,34-31?/t27-/m0/s1. The van der Waals surface area contributed by atoms with Crippen molar-refractivity contribution in [3.05, 3.63) is 105 Å². The van der Waals surface area contributed by atoms with Crippen LogP contribution in [0.25, 0.3) is 5.76 Å². The van der Waals surface area contributed by atoms with E-state index in [9.17, 15) is 15.3 Å². The molecule has 1 atom stereocenters. The van der Waals surface area contributed by atoms with Crippen LogP contribution in [0, 0.1) is 10.8 Å². The van der Waals surface area contributed by atoms with Crippen molar-refractivity contribution in [1.29, 1.82) is 5.41 Å². The van der Waals surface area contributed by atoms with Gasteiger partial charge in [-0.2, -0.15) is 0 Å². The van der Waals surface area contributed by atoms with E-state index in [0.717, 1.165) is 15.9 Å². The number of aliphatic hydroxyl groups excluding tert-OH is 1. The number of Topliss-reactive ketones (excluding diaryl/α,β-unsaturated/α-hetero) is 1. The summed E-state index contributed by atoms with van der Waals surface area (Å²) < 4.78 is 12.2. The molecule has 5 rings (SSSR count). The molecule has 0 amide bonds. The van der Waals surface area contributed by atoms with Gasteiger partial charge in [0.05, 0.1) is 20.1 Å². The molecule has 0 radical (unpaired) electrons. The normalized spacial score (nSPS) is 20.0. The second-order valence-corrected chi connectivity index (χ2v) is 11.5. The molecule has 200 valence electrons. The number of nitrogens with zero attached hydrogens (tertiary/aromatic N) is 1. The molecular weight excluding hydrogens is 556 g/mol. The molecule has 39 heavy (non-hydrogen) atoms. The van der Waals surface area contributed by atoms with E-state index in [-0.39, 0.29) is 22.8 Å². The Balaban J connectivity index is 1.89. The zero-order valence-electron chi connectivity index (χ0n) is 22.4. The number of methoxy groups -OCH3 is 2. The molecule has 0 aromatic heterocycles. The van der Waals surface area contributed by atoms with Crippen LogP contribution in [0.3, 0.4) is 0 Å². The largest absolute Gasteiger partial charge is 0.507 e. The predicted molar refractivity (Wildman–Crippen MR) is 158 cm³/mol. The first-order chi connectivity index (χ1) is 18.6. The Labute approximate surface area is 237 Å². The van der Waals surface area contributed by atoms with Gasteiger partial charge in [0.25, 0.3) is 0 Å². The summed E-state index contributed by atoms with van der Waals surface area (Å²) in [6.07, 6.45) is 0.949. The first-order valence-corrected chi connectivity index (χ1v) is 13.6. The van der Waals surface area contributed by atoms with Crippen molar-refractivity contribution in [2.24, 2.45) is 5.41 Å². The summed E-state index contributed by atoms with van der Waals surface area (Å²) in [5.41, 5.74) is 3.34. The van der Waals surface area contributed by atoms with Crippen LogP contribution in [0.2, 0.25) is 0 Å². The molecule has 0 spiro atoms. The fraction of sp³-hybridized carbons (Fsp3) is 0.250. The quantitative estimate of drug-likeness (QED) is 0.300. The molecule has 0 bridgehead atoms. The van der Waals surface area contributed by atoms with Crippen LogP contribution in [0.4, 0.5) is 5.69 Å². The number of anilines is 1. The minimum Gasteiger partial charge on any atom is -0.507 e. The lowest BCUT2D eigenvalue weighted by molar-refractivity contribution is -0.118. The van der Waals surface area contributed by atoms with Crippen LogP contribution in [0.1, 0.15) is 43.7 Å². The van der Waals surface area contributed by atoms with Crippen LogP contribution in [0.5, 0.6) is 11.5 Å². The van der Waals surface area contributed by atoms with E-state index in [4.69, 9.17) is 9.47 Å². The van der Waals surface area contributed by atoms with E-state index < -0.39 is 5.92 Å². The lowest BCUT2D eigenvalue weighted by Gasteiger charge is -2.45. The Morgan fingerprint density at radius 1 is 1.00 bits per heavy atom. The zero-order chi connectivity index (χ0) is 27.9. The monoisotopic (exact) mass is 586 g/mol. The molecule has 3 aromatic rings. The number of hydrogen-bond donors (Lipinski definition) is 2. The molecule has 2 aliphatic rings. The summed E-state index contributed by atoms with van der Waals surface area (Å²) >= 11 is 3.50. The van der Waals surface area contributed by atoms with Crippen LogP contribution < -0.4 is 14.4 Å². The Morgan fingerprint density at radius 3 is 2.33 bits per heavy atom. The highest BCUT2D eigenvalue weighted by atomic mass is 79.9. The first-order valence-electron chi connectivity index (χ1n) is 12.8. The number of carbonyl (C=O) groups is 1. The fourth-order valence-corrected chi connectivity index (χ4v) is 5.88. The molecule has 6 nitrogen and oxygen atoms in total. The molecule has 3 aromatic carbocycles. The number of hydrogen-bond acceptors (Lipinski definition) is 5. The maximum absolute atomic E-state index is 14.1. The maximum atomic E-state index is 14.1. The number of allylic oxidation sites excluding steroid dienone is 2. The molecule has 1 heterocycles. The first kappa shape index (κ1) is 26.8. The predicted octanol–water partition coefficient (Wildman–Crippen LogP) is 7.66. The topological polar surface area (TPSA) is 82.9 Å². The summed E-state index contributed by atoms with van der Waals surface area (Å²) in [6.45, 7) is 4.15. The number of rotatable bonds is 5. The van der Waals surface area contributed by atoms with Crippen LogP contribution in [0.15, 0.2) is 94.1 Å². The van der Waals surface area contributed by atoms with Crippen molar-refractivity contribution in [1.82, 2.24) is 0 Å². The summed E-state index contributed by atoms with van der Waals surface area (Å²) in [4.78, 5) is 15.9. The smallest absolute Gasteiger partial charge is 0.162 e. The Kier molecular flexibility index (Phi) is 7.12. The number of carbonyl (C=O) groups excluding carboxylic acids is 1. The second-order valence-electron chi connectivity index (χ2n) is 10.6. The third-order valence-electron chi connectivity index (χ3n) is 7.36. The van der Waals surface area contributed by atoms with Crippen LogP contribution in [-0.4, -0.2) is 30.9 Å². The van der Waals surface area contributed by atoms with E-state index in [1.165, 1.54) is 0 Å². The van der Waals surface area contributed by atoms with E-state index in [1.54, 1.807) is 38.5 Å². The Hall–Kier alpha value is -3.84. The third-order valence-corrected chi connectivity index (χ3v) is 7.89. The Morgan fingerprint density at radius 2 is 1.69 bits per heavy atom. The van der Waals surface area contributed by atoms with E-state index in [2.05, 4.69) is 29.8 Å². The lowest BCUT2D eigenvalue weighted by atomic mass is 9.67. The van der Waals surface area contributed by atoms with Crippen molar-refractivity contribution in [2.45, 2.75) is 32.6 Å². The van der Waals surface area contributed by atoms with Gasteiger partial charge in [0.15, 0.2) is 5.78 Å².